The summed E-state index contributed by atoms with van der Waals surface area (Å²) in [6.45, 7) is 14.4. The van der Waals surface area contributed by atoms with Gasteiger partial charge in [0.05, 0.1) is 18.3 Å². The molecule has 2 aromatic carbocycles. The minimum atomic E-state index is -0.896. The standard InChI is InChI=1S/C32H37N5O3S/c1-21-20-41-27(36-21)19-37(31(3,4)5)29(38)26-16-24(15-25(17-26)28-35-13-14-39-28)22(2)40-30(34-7)32(6,33)18-23-11-9-8-10-12-23/h8-17,20H,2,18-19,33H2,1,3-7H3. The molecule has 2 aromatic heterocycles. The van der Waals surface area contributed by atoms with Gasteiger partial charge < -0.3 is 19.8 Å². The van der Waals surface area contributed by atoms with Gasteiger partial charge in [-0.25, -0.2) is 9.97 Å². The third-order valence-electron chi connectivity index (χ3n) is 6.52. The van der Waals surface area contributed by atoms with Crippen molar-refractivity contribution in [2.24, 2.45) is 10.7 Å². The average Bonchev–Trinajstić information content (AvgIpc) is 3.61. The molecule has 0 bridgehead atoms. The van der Waals surface area contributed by atoms with Gasteiger partial charge in [0.25, 0.3) is 5.91 Å². The molecule has 1 amide bonds. The van der Waals surface area contributed by atoms with Crippen LogP contribution in [-0.2, 0) is 17.7 Å². The lowest BCUT2D eigenvalue weighted by molar-refractivity contribution is 0.0558. The van der Waals surface area contributed by atoms with E-state index in [1.807, 2.05) is 81.3 Å². The van der Waals surface area contributed by atoms with Crippen molar-refractivity contribution >= 4 is 28.9 Å². The molecular weight excluding hydrogens is 534 g/mol. The Labute approximate surface area is 245 Å². The number of nitrogens with zero attached hydrogens (tertiary/aromatic N) is 4. The van der Waals surface area contributed by atoms with E-state index in [0.717, 1.165) is 16.3 Å². The summed E-state index contributed by atoms with van der Waals surface area (Å²) in [7, 11) is 1.64. The van der Waals surface area contributed by atoms with E-state index in [1.54, 1.807) is 25.4 Å². The third-order valence-corrected chi connectivity index (χ3v) is 7.47. The Bertz CT molecular complexity index is 1530. The zero-order chi connectivity index (χ0) is 29.8. The molecule has 1 unspecified atom stereocenters. The number of aliphatic imine (C=N–C) groups is 1. The Balaban J connectivity index is 1.68. The van der Waals surface area contributed by atoms with Crippen LogP contribution in [-0.4, -0.2) is 44.8 Å². The molecule has 2 heterocycles. The van der Waals surface area contributed by atoms with Crippen LogP contribution < -0.4 is 5.73 Å². The number of ether oxygens (including phenoxy) is 1. The third kappa shape index (κ3) is 7.36. The second kappa shape index (κ2) is 12.2. The van der Waals surface area contributed by atoms with Gasteiger partial charge in [-0.2, -0.15) is 0 Å². The normalized spacial score (nSPS) is 13.5. The molecule has 8 nitrogen and oxygen atoms in total. The summed E-state index contributed by atoms with van der Waals surface area (Å²) in [5.74, 6) is 0.848. The minimum absolute atomic E-state index is 0.162. The fourth-order valence-corrected chi connectivity index (χ4v) is 5.23. The van der Waals surface area contributed by atoms with Crippen LogP contribution in [0.1, 0.15) is 59.9 Å². The lowest BCUT2D eigenvalue weighted by atomic mass is 9.93. The van der Waals surface area contributed by atoms with Gasteiger partial charge in [-0.1, -0.05) is 36.9 Å². The SMILES string of the molecule is C=C(OC(=NC)C(C)(N)Cc1ccccc1)c1cc(C(=O)N(Cc2nc(C)cs2)C(C)(C)C)cc(-c2ncco2)c1. The highest BCUT2D eigenvalue weighted by molar-refractivity contribution is 7.09. The maximum Gasteiger partial charge on any atom is 0.254 e. The molecule has 0 aliphatic heterocycles. The van der Waals surface area contributed by atoms with Crippen LogP contribution in [0.15, 0.2) is 82.4 Å². The van der Waals surface area contributed by atoms with Gasteiger partial charge in [0.2, 0.25) is 11.8 Å². The molecule has 4 aromatic rings. The maximum absolute atomic E-state index is 14.1. The summed E-state index contributed by atoms with van der Waals surface area (Å²) in [4.78, 5) is 29.1. The van der Waals surface area contributed by atoms with E-state index in [1.165, 1.54) is 17.6 Å². The first-order valence-electron chi connectivity index (χ1n) is 13.3. The number of thiazole rings is 1. The Kier molecular flexibility index (Phi) is 8.89. The fraction of sp³-hybridized carbons (Fsp3) is 0.312. The molecule has 41 heavy (non-hydrogen) atoms. The fourth-order valence-electron chi connectivity index (χ4n) is 4.47. The van der Waals surface area contributed by atoms with Crippen molar-refractivity contribution in [3.05, 3.63) is 100 Å². The summed E-state index contributed by atoms with van der Waals surface area (Å²) in [6, 6.07) is 15.3. The maximum atomic E-state index is 14.1. The van der Waals surface area contributed by atoms with Crippen LogP contribution in [0.2, 0.25) is 0 Å². The summed E-state index contributed by atoms with van der Waals surface area (Å²) in [5, 5.41) is 2.85. The number of amides is 1. The van der Waals surface area contributed by atoms with Crippen molar-refractivity contribution in [1.82, 2.24) is 14.9 Å². The van der Waals surface area contributed by atoms with E-state index < -0.39 is 11.1 Å². The van der Waals surface area contributed by atoms with Gasteiger partial charge in [-0.3, -0.25) is 9.79 Å². The highest BCUT2D eigenvalue weighted by atomic mass is 32.1. The molecule has 0 spiro atoms. The van der Waals surface area contributed by atoms with Crippen LogP contribution in [0.4, 0.5) is 0 Å². The van der Waals surface area contributed by atoms with Gasteiger partial charge in [-0.15, -0.1) is 11.3 Å². The molecule has 0 saturated heterocycles. The zero-order valence-electron chi connectivity index (χ0n) is 24.5. The predicted octanol–water partition coefficient (Wildman–Crippen LogP) is 6.52. The van der Waals surface area contributed by atoms with Gasteiger partial charge in [0, 0.05) is 40.4 Å². The summed E-state index contributed by atoms with van der Waals surface area (Å²) < 4.78 is 11.8. The number of aromatic nitrogens is 2. The molecule has 0 radical (unpaired) electrons. The smallest absolute Gasteiger partial charge is 0.254 e. The molecule has 9 heteroatoms. The van der Waals surface area contributed by atoms with Gasteiger partial charge >= 0.3 is 0 Å². The molecule has 0 saturated carbocycles. The number of nitrogens with two attached hydrogens (primary N) is 1. The van der Waals surface area contributed by atoms with Crippen LogP contribution in [0, 0.1) is 6.92 Å². The number of benzene rings is 2. The van der Waals surface area contributed by atoms with E-state index in [0.29, 0.717) is 47.2 Å². The number of hydrogen-bond donors (Lipinski definition) is 1. The monoisotopic (exact) mass is 571 g/mol. The van der Waals surface area contributed by atoms with Crippen molar-refractivity contribution < 1.29 is 13.9 Å². The van der Waals surface area contributed by atoms with Crippen molar-refractivity contribution in [1.29, 1.82) is 0 Å². The molecule has 4 rings (SSSR count). The quantitative estimate of drug-likeness (QED) is 0.139. The van der Waals surface area contributed by atoms with Crippen LogP contribution >= 0.6 is 11.3 Å². The van der Waals surface area contributed by atoms with Crippen LogP contribution in [0.5, 0.6) is 0 Å². The number of aryl methyl sites for hydroxylation is 1. The first-order valence-corrected chi connectivity index (χ1v) is 14.2. The molecule has 0 aliphatic carbocycles. The summed E-state index contributed by atoms with van der Waals surface area (Å²) >= 11 is 1.54. The van der Waals surface area contributed by atoms with E-state index in [-0.39, 0.29) is 5.91 Å². The number of hydrogen-bond acceptors (Lipinski definition) is 8. The van der Waals surface area contributed by atoms with E-state index in [9.17, 15) is 4.79 Å². The van der Waals surface area contributed by atoms with Gasteiger partial charge in [0.15, 0.2) is 0 Å². The lowest BCUT2D eigenvalue weighted by Gasteiger charge is -2.35. The molecule has 0 fully saturated rings. The largest absolute Gasteiger partial charge is 0.445 e. The molecule has 0 aliphatic rings. The van der Waals surface area contributed by atoms with Crippen molar-refractivity contribution in [2.75, 3.05) is 7.05 Å². The Morgan fingerprint density at radius 1 is 1.15 bits per heavy atom. The Morgan fingerprint density at radius 2 is 1.85 bits per heavy atom. The van der Waals surface area contributed by atoms with Crippen molar-refractivity contribution in [3.63, 3.8) is 0 Å². The second-order valence-corrected chi connectivity index (χ2v) is 12.2. The highest BCUT2D eigenvalue weighted by Crippen LogP contribution is 2.29. The average molecular weight is 572 g/mol. The second-order valence-electron chi connectivity index (χ2n) is 11.2. The summed E-state index contributed by atoms with van der Waals surface area (Å²) in [5.41, 5.74) is 8.96. The first kappa shape index (κ1) is 29.9. The van der Waals surface area contributed by atoms with Gasteiger partial charge in [0.1, 0.15) is 17.0 Å². The summed E-state index contributed by atoms with van der Waals surface area (Å²) in [6.07, 6.45) is 3.57. The number of oxazole rings is 1. The highest BCUT2D eigenvalue weighted by Gasteiger charge is 2.31. The van der Waals surface area contributed by atoms with Gasteiger partial charge in [-0.05, 0) is 64.8 Å². The Morgan fingerprint density at radius 3 is 2.44 bits per heavy atom. The van der Waals surface area contributed by atoms with Crippen molar-refractivity contribution in [3.8, 4) is 11.5 Å². The number of carbonyl (C=O) groups excluding carboxylic acids is 1. The Hall–Kier alpha value is -4.08. The van der Waals surface area contributed by atoms with Crippen LogP contribution in [0.3, 0.4) is 0 Å². The van der Waals surface area contributed by atoms with E-state index >= 15 is 0 Å². The molecular formula is C32H37N5O3S. The van der Waals surface area contributed by atoms with Crippen LogP contribution in [0.25, 0.3) is 17.2 Å². The van der Waals surface area contributed by atoms with E-state index in [4.69, 9.17) is 14.9 Å². The van der Waals surface area contributed by atoms with Crippen molar-refractivity contribution in [2.45, 2.75) is 58.7 Å². The van der Waals surface area contributed by atoms with E-state index in [2.05, 4.69) is 21.5 Å². The first-order chi connectivity index (χ1) is 19.4. The number of rotatable bonds is 9. The molecule has 214 valence electrons. The number of carbonyl (C=O) groups is 1. The molecule has 2 N–H and O–H groups in total. The minimum Gasteiger partial charge on any atom is -0.445 e. The topological polar surface area (TPSA) is 107 Å². The predicted molar refractivity (Wildman–Crippen MR) is 165 cm³/mol. The molecule has 1 atom stereocenters. The zero-order valence-corrected chi connectivity index (χ0v) is 25.3. The lowest BCUT2D eigenvalue weighted by Crippen LogP contribution is -2.48.